The zero-order valence-electron chi connectivity index (χ0n) is 11.0. The van der Waals surface area contributed by atoms with Crippen LogP contribution in [0.2, 0.25) is 0 Å². The van der Waals surface area contributed by atoms with Crippen LogP contribution in [0.1, 0.15) is 27.7 Å². The second kappa shape index (κ2) is 5.84. The molecule has 0 saturated heterocycles. The van der Waals surface area contributed by atoms with Gasteiger partial charge in [-0.1, -0.05) is 20.8 Å². The summed E-state index contributed by atoms with van der Waals surface area (Å²) in [5, 5.41) is 1.51. The molecular formula is C11H22N2O3. The summed E-state index contributed by atoms with van der Waals surface area (Å²) in [4.78, 5) is 23.6. The van der Waals surface area contributed by atoms with Crippen molar-refractivity contribution in [2.24, 2.45) is 11.3 Å². The van der Waals surface area contributed by atoms with Crippen molar-refractivity contribution in [3.05, 3.63) is 0 Å². The van der Waals surface area contributed by atoms with E-state index in [1.807, 2.05) is 20.8 Å². The van der Waals surface area contributed by atoms with Crippen LogP contribution < -0.4 is 5.43 Å². The lowest BCUT2D eigenvalue weighted by molar-refractivity contribution is -0.157. The van der Waals surface area contributed by atoms with Gasteiger partial charge in [0.05, 0.1) is 6.61 Å². The number of carbonyl (C=O) groups is 2. The molecule has 1 atom stereocenters. The first-order valence-corrected chi connectivity index (χ1v) is 5.34. The number of nitrogens with zero attached hydrogens (tertiary/aromatic N) is 1. The molecule has 0 saturated carbocycles. The molecule has 0 spiro atoms. The number of ether oxygens (including phenoxy) is 1. The van der Waals surface area contributed by atoms with Crippen LogP contribution in [0.15, 0.2) is 0 Å². The number of nitrogens with one attached hydrogen (secondary N) is 1. The minimum Gasteiger partial charge on any atom is -0.465 e. The number of hydrogen-bond donors (Lipinski definition) is 1. The molecular weight excluding hydrogens is 208 g/mol. The number of amides is 1. The number of hydrogen-bond acceptors (Lipinski definition) is 4. The highest BCUT2D eigenvalue weighted by molar-refractivity contribution is 5.98. The van der Waals surface area contributed by atoms with Crippen molar-refractivity contribution < 1.29 is 14.3 Å². The molecule has 16 heavy (non-hydrogen) atoms. The van der Waals surface area contributed by atoms with E-state index in [1.54, 1.807) is 21.0 Å². The first-order valence-electron chi connectivity index (χ1n) is 5.34. The van der Waals surface area contributed by atoms with E-state index in [0.29, 0.717) is 0 Å². The largest absolute Gasteiger partial charge is 0.465 e. The van der Waals surface area contributed by atoms with E-state index in [1.165, 1.54) is 5.01 Å². The summed E-state index contributed by atoms with van der Waals surface area (Å²) in [6.07, 6.45) is 0. The van der Waals surface area contributed by atoms with Crippen LogP contribution in [-0.2, 0) is 14.3 Å². The van der Waals surface area contributed by atoms with E-state index in [-0.39, 0.29) is 12.5 Å². The highest BCUT2D eigenvalue weighted by Gasteiger charge is 2.39. The maximum Gasteiger partial charge on any atom is 0.319 e. The Balaban J connectivity index is 4.81. The normalized spacial score (nSPS) is 13.4. The Bertz CT molecular complexity index is 256. The molecule has 0 aromatic heterocycles. The Morgan fingerprint density at radius 1 is 1.31 bits per heavy atom. The van der Waals surface area contributed by atoms with Gasteiger partial charge in [0.2, 0.25) is 5.91 Å². The van der Waals surface area contributed by atoms with E-state index >= 15 is 0 Å². The van der Waals surface area contributed by atoms with Crippen molar-refractivity contribution in [3.8, 4) is 0 Å². The topological polar surface area (TPSA) is 58.6 Å². The summed E-state index contributed by atoms with van der Waals surface area (Å²) in [6, 6.07) is 0. The van der Waals surface area contributed by atoms with Crippen molar-refractivity contribution in [2.45, 2.75) is 27.7 Å². The third kappa shape index (κ3) is 4.61. The minimum atomic E-state index is -0.796. The molecule has 1 N–H and O–H groups in total. The zero-order valence-corrected chi connectivity index (χ0v) is 11.0. The summed E-state index contributed by atoms with van der Waals surface area (Å²) in [5.41, 5.74) is 2.12. The van der Waals surface area contributed by atoms with Crippen LogP contribution in [-0.4, -0.2) is 37.6 Å². The van der Waals surface area contributed by atoms with Crippen LogP contribution in [0.25, 0.3) is 0 Å². The fraction of sp³-hybridized carbons (Fsp3) is 0.818. The zero-order chi connectivity index (χ0) is 12.9. The van der Waals surface area contributed by atoms with E-state index < -0.39 is 17.3 Å². The predicted octanol–water partition coefficient (Wildman–Crippen LogP) is 0.805. The highest BCUT2D eigenvalue weighted by atomic mass is 16.5. The lowest BCUT2D eigenvalue weighted by atomic mass is 9.80. The third-order valence-electron chi connectivity index (χ3n) is 1.98. The standard InChI is InChI=1S/C11H22N2O3/c1-7-16-10(15)8(11(2,3)4)9(14)12-13(5)6/h8H,7H2,1-6H3,(H,12,14). The van der Waals surface area contributed by atoms with Gasteiger partial charge in [0, 0.05) is 14.1 Å². The molecule has 0 aliphatic rings. The Kier molecular flexibility index (Phi) is 5.44. The maximum atomic E-state index is 11.9. The van der Waals surface area contributed by atoms with Crippen LogP contribution in [0.5, 0.6) is 0 Å². The van der Waals surface area contributed by atoms with Crippen LogP contribution in [0.4, 0.5) is 0 Å². The molecule has 5 heteroatoms. The van der Waals surface area contributed by atoms with Crippen molar-refractivity contribution in [1.29, 1.82) is 0 Å². The molecule has 0 aromatic carbocycles. The average Bonchev–Trinajstić information content (AvgIpc) is 1.99. The van der Waals surface area contributed by atoms with Crippen LogP contribution >= 0.6 is 0 Å². The van der Waals surface area contributed by atoms with Crippen molar-refractivity contribution in [3.63, 3.8) is 0 Å². The average molecular weight is 230 g/mol. The maximum absolute atomic E-state index is 11.9. The van der Waals surface area contributed by atoms with Crippen LogP contribution in [0, 0.1) is 11.3 Å². The van der Waals surface area contributed by atoms with Gasteiger partial charge in [-0.25, -0.2) is 5.01 Å². The van der Waals surface area contributed by atoms with Gasteiger partial charge in [0.1, 0.15) is 5.92 Å². The third-order valence-corrected chi connectivity index (χ3v) is 1.98. The SMILES string of the molecule is CCOC(=O)C(C(=O)NN(C)C)C(C)(C)C. The molecule has 0 aliphatic carbocycles. The monoisotopic (exact) mass is 230 g/mol. The molecule has 0 rings (SSSR count). The molecule has 5 nitrogen and oxygen atoms in total. The molecule has 0 aliphatic heterocycles. The highest BCUT2D eigenvalue weighted by Crippen LogP contribution is 2.27. The second-order valence-electron chi connectivity index (χ2n) is 4.92. The van der Waals surface area contributed by atoms with E-state index in [0.717, 1.165) is 0 Å². The Hall–Kier alpha value is -1.10. The summed E-state index contributed by atoms with van der Waals surface area (Å²) >= 11 is 0. The number of rotatable bonds is 4. The van der Waals surface area contributed by atoms with Gasteiger partial charge >= 0.3 is 5.97 Å². The molecule has 0 radical (unpaired) electrons. The summed E-state index contributed by atoms with van der Waals surface area (Å²) in [6.45, 7) is 7.51. The first-order chi connectivity index (χ1) is 7.20. The second-order valence-corrected chi connectivity index (χ2v) is 4.92. The summed E-state index contributed by atoms with van der Waals surface area (Å²) in [7, 11) is 3.39. The van der Waals surface area contributed by atoms with Crippen LogP contribution in [0.3, 0.4) is 0 Å². The molecule has 0 bridgehead atoms. The Labute approximate surface area is 97.1 Å². The lowest BCUT2D eigenvalue weighted by Crippen LogP contribution is -2.47. The smallest absolute Gasteiger partial charge is 0.319 e. The van der Waals surface area contributed by atoms with Gasteiger partial charge in [0.15, 0.2) is 0 Å². The van der Waals surface area contributed by atoms with Crippen molar-refractivity contribution in [1.82, 2.24) is 10.4 Å². The lowest BCUT2D eigenvalue weighted by Gasteiger charge is -2.28. The van der Waals surface area contributed by atoms with E-state index in [9.17, 15) is 9.59 Å². The van der Waals surface area contributed by atoms with Gasteiger partial charge in [-0.15, -0.1) is 0 Å². The summed E-state index contributed by atoms with van der Waals surface area (Å²) in [5.74, 6) is -1.61. The molecule has 0 aromatic rings. The fourth-order valence-corrected chi connectivity index (χ4v) is 1.36. The van der Waals surface area contributed by atoms with Crippen molar-refractivity contribution in [2.75, 3.05) is 20.7 Å². The van der Waals surface area contributed by atoms with Gasteiger partial charge in [-0.2, -0.15) is 0 Å². The summed E-state index contributed by atoms with van der Waals surface area (Å²) < 4.78 is 4.91. The van der Waals surface area contributed by atoms with Gasteiger partial charge in [0.25, 0.3) is 0 Å². The Morgan fingerprint density at radius 3 is 2.12 bits per heavy atom. The molecule has 1 amide bonds. The molecule has 0 heterocycles. The Morgan fingerprint density at radius 2 is 1.81 bits per heavy atom. The fourth-order valence-electron chi connectivity index (χ4n) is 1.36. The number of esters is 1. The van der Waals surface area contributed by atoms with E-state index in [2.05, 4.69) is 5.43 Å². The predicted molar refractivity (Wildman–Crippen MR) is 61.4 cm³/mol. The van der Waals surface area contributed by atoms with E-state index in [4.69, 9.17) is 4.74 Å². The van der Waals surface area contributed by atoms with Gasteiger partial charge < -0.3 is 4.74 Å². The molecule has 94 valence electrons. The first kappa shape index (κ1) is 14.9. The quantitative estimate of drug-likeness (QED) is 0.441. The molecule has 1 unspecified atom stereocenters. The molecule has 0 fully saturated rings. The van der Waals surface area contributed by atoms with Crippen molar-refractivity contribution >= 4 is 11.9 Å². The van der Waals surface area contributed by atoms with Gasteiger partial charge in [-0.05, 0) is 12.3 Å². The minimum absolute atomic E-state index is 0.278. The number of hydrazine groups is 1. The van der Waals surface area contributed by atoms with Gasteiger partial charge in [-0.3, -0.25) is 15.0 Å². The number of carbonyl (C=O) groups excluding carboxylic acids is 2.